The molecule has 36 heavy (non-hydrogen) atoms. The lowest BCUT2D eigenvalue weighted by atomic mass is 10.2. The fraction of sp³-hybridized carbons (Fsp3) is 0.269. The molecule has 0 N–H and O–H groups in total. The third-order valence-corrected chi connectivity index (χ3v) is 5.23. The predicted octanol–water partition coefficient (Wildman–Crippen LogP) is 7.51. The van der Waals surface area contributed by atoms with Crippen molar-refractivity contribution in [2.75, 3.05) is 25.1 Å². The van der Waals surface area contributed by atoms with Crippen LogP contribution in [-0.2, 0) is 9.53 Å². The zero-order valence-corrected chi connectivity index (χ0v) is 20.5. The number of nitro benzene ring substituents is 1. The highest BCUT2D eigenvalue weighted by Crippen LogP contribution is 2.28. The van der Waals surface area contributed by atoms with Gasteiger partial charge in [0.15, 0.2) is 0 Å². The zero-order chi connectivity index (χ0) is 25.9. The maximum absolute atomic E-state index is 11.5. The summed E-state index contributed by atoms with van der Waals surface area (Å²) in [6.45, 7) is 4.79. The second-order valence-electron chi connectivity index (χ2n) is 8.05. The minimum absolute atomic E-state index is 0.00611. The molecule has 0 aliphatic carbocycles. The Balaban J connectivity index is 1.56. The summed E-state index contributed by atoms with van der Waals surface area (Å²) in [5.74, 6) is -0.169. The van der Waals surface area contributed by atoms with Crippen LogP contribution in [0.25, 0.3) is 0 Å². The van der Waals surface area contributed by atoms with E-state index in [1.54, 1.807) is 24.3 Å². The van der Waals surface area contributed by atoms with Crippen molar-refractivity contribution in [3.05, 3.63) is 82.4 Å². The van der Waals surface area contributed by atoms with Crippen molar-refractivity contribution in [2.24, 2.45) is 20.5 Å². The van der Waals surface area contributed by atoms with Crippen LogP contribution < -0.4 is 4.90 Å². The average molecular weight is 489 g/mol. The fourth-order valence-corrected chi connectivity index (χ4v) is 3.16. The fourth-order valence-electron chi connectivity index (χ4n) is 3.16. The molecule has 0 fully saturated rings. The SMILES string of the molecule is CCCC(=O)OCCN(C)c1ccc(N=Nc2ccc(N=Nc3ccc([N+](=O)[O-])cc3)c(C)c2)cc1. The number of aryl methyl sites for hydroxylation is 1. The maximum Gasteiger partial charge on any atom is 0.305 e. The molecular formula is C26H28N6O4. The van der Waals surface area contributed by atoms with Crippen LogP contribution in [0, 0.1) is 17.0 Å². The van der Waals surface area contributed by atoms with E-state index in [0.717, 1.165) is 17.7 Å². The van der Waals surface area contributed by atoms with Gasteiger partial charge in [0, 0.05) is 31.3 Å². The van der Waals surface area contributed by atoms with E-state index >= 15 is 0 Å². The molecule has 0 aliphatic rings. The molecule has 0 amide bonds. The number of anilines is 1. The monoisotopic (exact) mass is 488 g/mol. The lowest BCUT2D eigenvalue weighted by Crippen LogP contribution is -2.23. The maximum atomic E-state index is 11.5. The van der Waals surface area contributed by atoms with Gasteiger partial charge in [-0.15, -0.1) is 0 Å². The van der Waals surface area contributed by atoms with Gasteiger partial charge in [-0.25, -0.2) is 0 Å². The van der Waals surface area contributed by atoms with E-state index in [4.69, 9.17) is 4.74 Å². The van der Waals surface area contributed by atoms with Gasteiger partial charge in [0.25, 0.3) is 5.69 Å². The highest BCUT2D eigenvalue weighted by molar-refractivity contribution is 5.69. The van der Waals surface area contributed by atoms with E-state index in [9.17, 15) is 14.9 Å². The summed E-state index contributed by atoms with van der Waals surface area (Å²) in [5, 5.41) is 27.7. The molecule has 3 aromatic carbocycles. The van der Waals surface area contributed by atoms with E-state index < -0.39 is 4.92 Å². The molecular weight excluding hydrogens is 460 g/mol. The predicted molar refractivity (Wildman–Crippen MR) is 138 cm³/mol. The van der Waals surface area contributed by atoms with Crippen LogP contribution in [0.4, 0.5) is 34.1 Å². The van der Waals surface area contributed by atoms with Gasteiger partial charge in [-0.2, -0.15) is 20.5 Å². The van der Waals surface area contributed by atoms with Gasteiger partial charge >= 0.3 is 5.97 Å². The van der Waals surface area contributed by atoms with E-state index in [1.165, 1.54) is 12.1 Å². The van der Waals surface area contributed by atoms with Gasteiger partial charge in [0.05, 0.1) is 34.2 Å². The summed E-state index contributed by atoms with van der Waals surface area (Å²) in [5.41, 5.74) is 4.44. The summed E-state index contributed by atoms with van der Waals surface area (Å²) >= 11 is 0. The molecule has 0 saturated carbocycles. The normalized spacial score (nSPS) is 11.2. The molecule has 0 aromatic heterocycles. The molecule has 0 unspecified atom stereocenters. The molecule has 10 heteroatoms. The molecule has 0 saturated heterocycles. The molecule has 0 spiro atoms. The highest BCUT2D eigenvalue weighted by atomic mass is 16.6. The van der Waals surface area contributed by atoms with Crippen molar-refractivity contribution >= 4 is 40.1 Å². The van der Waals surface area contributed by atoms with Crippen LogP contribution in [0.15, 0.2) is 87.2 Å². The van der Waals surface area contributed by atoms with E-state index in [1.807, 2.05) is 56.1 Å². The van der Waals surface area contributed by atoms with Gasteiger partial charge in [0.1, 0.15) is 6.61 Å². The van der Waals surface area contributed by atoms with Crippen molar-refractivity contribution < 1.29 is 14.5 Å². The molecule has 0 bridgehead atoms. The summed E-state index contributed by atoms with van der Waals surface area (Å²) in [6.07, 6.45) is 1.22. The van der Waals surface area contributed by atoms with Crippen LogP contribution in [0.3, 0.4) is 0 Å². The van der Waals surface area contributed by atoms with Crippen molar-refractivity contribution in [1.29, 1.82) is 0 Å². The number of hydrogen-bond acceptors (Lipinski definition) is 9. The molecule has 0 heterocycles. The van der Waals surface area contributed by atoms with Crippen molar-refractivity contribution in [2.45, 2.75) is 26.7 Å². The summed E-state index contributed by atoms with van der Waals surface area (Å²) in [6, 6.07) is 18.9. The van der Waals surface area contributed by atoms with Gasteiger partial charge < -0.3 is 9.64 Å². The number of azo groups is 2. The van der Waals surface area contributed by atoms with Crippen LogP contribution >= 0.6 is 0 Å². The largest absolute Gasteiger partial charge is 0.464 e. The Kier molecular flexibility index (Phi) is 9.33. The minimum atomic E-state index is -0.457. The second-order valence-corrected chi connectivity index (χ2v) is 8.05. The Bertz CT molecular complexity index is 1240. The number of carbonyl (C=O) groups is 1. The third kappa shape index (κ3) is 7.79. The molecule has 0 aliphatic heterocycles. The smallest absolute Gasteiger partial charge is 0.305 e. The first-order valence-electron chi connectivity index (χ1n) is 11.5. The highest BCUT2D eigenvalue weighted by Gasteiger charge is 2.06. The summed E-state index contributed by atoms with van der Waals surface area (Å²) in [4.78, 5) is 23.8. The third-order valence-electron chi connectivity index (χ3n) is 5.23. The minimum Gasteiger partial charge on any atom is -0.464 e. The van der Waals surface area contributed by atoms with E-state index in [-0.39, 0.29) is 11.7 Å². The summed E-state index contributed by atoms with van der Waals surface area (Å²) < 4.78 is 5.20. The van der Waals surface area contributed by atoms with Crippen LogP contribution in [0.1, 0.15) is 25.3 Å². The number of hydrogen-bond donors (Lipinski definition) is 0. The zero-order valence-electron chi connectivity index (χ0n) is 20.5. The number of ether oxygens (including phenoxy) is 1. The number of nitro groups is 1. The lowest BCUT2D eigenvalue weighted by Gasteiger charge is -2.19. The van der Waals surface area contributed by atoms with Crippen LogP contribution in [0.2, 0.25) is 0 Å². The summed E-state index contributed by atoms with van der Waals surface area (Å²) in [7, 11) is 1.94. The Morgan fingerprint density at radius 3 is 2.11 bits per heavy atom. The number of rotatable bonds is 11. The molecule has 3 rings (SSSR count). The lowest BCUT2D eigenvalue weighted by molar-refractivity contribution is -0.384. The van der Waals surface area contributed by atoms with Crippen molar-refractivity contribution in [3.63, 3.8) is 0 Å². The van der Waals surface area contributed by atoms with Crippen molar-refractivity contribution in [3.8, 4) is 0 Å². The van der Waals surface area contributed by atoms with Gasteiger partial charge in [0.2, 0.25) is 0 Å². The first kappa shape index (κ1) is 26.1. The first-order chi connectivity index (χ1) is 17.4. The standard InChI is InChI=1S/C26H28N6O4/c1-4-5-26(33)36-17-16-31(3)23-11-6-20(7-12-23)27-29-22-10-15-25(19(2)18-22)30-28-21-8-13-24(14-9-21)32(34)35/h6-15,18H,4-5,16-17H2,1-3H3. The Morgan fingerprint density at radius 2 is 1.50 bits per heavy atom. The Labute approximate surface area is 209 Å². The number of non-ortho nitro benzene ring substituents is 1. The number of carbonyl (C=O) groups excluding carboxylic acids is 1. The Morgan fingerprint density at radius 1 is 0.917 bits per heavy atom. The Hall–Kier alpha value is -4.47. The van der Waals surface area contributed by atoms with Gasteiger partial charge in [-0.3, -0.25) is 14.9 Å². The number of likely N-dealkylation sites (N-methyl/N-ethyl adjacent to an activating group) is 1. The topological polar surface area (TPSA) is 122 Å². The van der Waals surface area contributed by atoms with E-state index in [0.29, 0.717) is 42.3 Å². The number of esters is 1. The second kappa shape index (κ2) is 12.8. The van der Waals surface area contributed by atoms with Crippen LogP contribution in [-0.4, -0.2) is 31.1 Å². The van der Waals surface area contributed by atoms with Gasteiger partial charge in [-0.05, 0) is 73.5 Å². The molecule has 10 nitrogen and oxygen atoms in total. The van der Waals surface area contributed by atoms with Crippen molar-refractivity contribution in [1.82, 2.24) is 0 Å². The van der Waals surface area contributed by atoms with Crippen LogP contribution in [0.5, 0.6) is 0 Å². The average Bonchev–Trinajstić information content (AvgIpc) is 2.87. The van der Waals surface area contributed by atoms with E-state index in [2.05, 4.69) is 20.5 Å². The molecule has 0 atom stereocenters. The molecule has 186 valence electrons. The quantitative estimate of drug-likeness (QED) is 0.120. The molecule has 0 radical (unpaired) electrons. The molecule has 3 aromatic rings. The first-order valence-corrected chi connectivity index (χ1v) is 11.5. The van der Waals surface area contributed by atoms with Gasteiger partial charge in [-0.1, -0.05) is 6.92 Å². The number of benzene rings is 3. The number of nitrogens with zero attached hydrogens (tertiary/aromatic N) is 6.